The van der Waals surface area contributed by atoms with Crippen LogP contribution in [0, 0.1) is 0 Å². The van der Waals surface area contributed by atoms with Gasteiger partial charge in [-0.1, -0.05) is 52.4 Å². The zero-order valence-corrected chi connectivity index (χ0v) is 15.2. The highest BCUT2D eigenvalue weighted by atomic mass is 16.5. The summed E-state index contributed by atoms with van der Waals surface area (Å²) in [5.74, 6) is 1.58. The maximum absolute atomic E-state index is 9.59. The van der Waals surface area contributed by atoms with E-state index in [0.717, 1.165) is 11.1 Å². The van der Waals surface area contributed by atoms with E-state index in [1.165, 1.54) is 0 Å². The Morgan fingerprint density at radius 2 is 1.48 bits per heavy atom. The lowest BCUT2D eigenvalue weighted by molar-refractivity contribution is 0.441. The number of aromatic nitrogens is 2. The molecule has 0 aliphatic heterocycles. The van der Waals surface area contributed by atoms with Gasteiger partial charge in [0.2, 0.25) is 0 Å². The lowest BCUT2D eigenvalue weighted by Crippen LogP contribution is -1.87. The van der Waals surface area contributed by atoms with Gasteiger partial charge < -0.3 is 19.2 Å². The van der Waals surface area contributed by atoms with Crippen molar-refractivity contribution in [2.45, 2.75) is 47.0 Å². The van der Waals surface area contributed by atoms with Gasteiger partial charge in [0.1, 0.15) is 11.5 Å². The Bertz CT molecular complexity index is 1030. The molecular weight excluding hydrogens is 344 g/mol. The molecule has 2 N–H and O–H groups in total. The summed E-state index contributed by atoms with van der Waals surface area (Å²) in [6.07, 6.45) is 0. The van der Waals surface area contributed by atoms with Gasteiger partial charge in [-0.05, 0) is 30.2 Å². The van der Waals surface area contributed by atoms with E-state index in [9.17, 15) is 10.2 Å². The van der Waals surface area contributed by atoms with Crippen molar-refractivity contribution >= 4 is 22.1 Å². The Morgan fingerprint density at radius 1 is 0.852 bits per heavy atom. The molecule has 4 rings (SSSR count). The second kappa shape index (κ2) is 8.12. The highest BCUT2D eigenvalue weighted by Crippen LogP contribution is 2.31. The van der Waals surface area contributed by atoms with Crippen molar-refractivity contribution in [3.63, 3.8) is 0 Å². The molecule has 2 aromatic carbocycles. The predicted octanol–water partition coefficient (Wildman–Crippen LogP) is 5.95. The van der Waals surface area contributed by atoms with Crippen LogP contribution in [0.25, 0.3) is 22.1 Å². The molecule has 0 unspecified atom stereocenters. The second-order valence-electron chi connectivity index (χ2n) is 6.70. The molecule has 6 nitrogen and oxygen atoms in total. The molecule has 4 aromatic rings. The summed E-state index contributed by atoms with van der Waals surface area (Å²) < 4.78 is 10.5. The zero-order chi connectivity index (χ0) is 18.8. The van der Waals surface area contributed by atoms with E-state index in [4.69, 9.17) is 8.94 Å². The maximum Gasteiger partial charge on any atom is 0.198 e. The maximum atomic E-state index is 9.59. The first kappa shape index (κ1) is 20.3. The molecule has 0 saturated carbocycles. The number of para-hydroxylation sites is 1. The number of fused-ring (bicyclic) bond motifs is 2. The molecular formula is C21H26N2O4. The summed E-state index contributed by atoms with van der Waals surface area (Å²) in [7, 11) is 0. The van der Waals surface area contributed by atoms with Gasteiger partial charge in [0.15, 0.2) is 22.6 Å². The summed E-state index contributed by atoms with van der Waals surface area (Å²) in [6.45, 7) is 8.04. The van der Waals surface area contributed by atoms with Gasteiger partial charge in [-0.25, -0.2) is 4.98 Å². The number of phenolic OH excluding ortho intramolecular Hbond substituents is 2. The number of aromatic hydroxyl groups is 2. The molecule has 0 fully saturated rings. The van der Waals surface area contributed by atoms with E-state index >= 15 is 0 Å². The third-order valence-electron chi connectivity index (χ3n) is 3.96. The number of hydrogen-bond acceptors (Lipinski definition) is 6. The van der Waals surface area contributed by atoms with Crippen LogP contribution in [0.5, 0.6) is 11.5 Å². The first-order valence-electron chi connectivity index (χ1n) is 8.54. The molecule has 0 bridgehead atoms. The van der Waals surface area contributed by atoms with Crippen LogP contribution in [0.3, 0.4) is 0 Å². The van der Waals surface area contributed by atoms with Crippen LogP contribution in [0.4, 0.5) is 0 Å². The SMILES string of the molecule is C.CC(C)c1nc2c(O)cccc2o1.CC(C)c1noc2cccc(O)c12. The molecule has 27 heavy (non-hydrogen) atoms. The number of nitrogens with zero attached hydrogens (tertiary/aromatic N) is 2. The van der Waals surface area contributed by atoms with Crippen molar-refractivity contribution in [3.05, 3.63) is 48.0 Å². The first-order valence-corrected chi connectivity index (χ1v) is 8.54. The minimum absolute atomic E-state index is 0. The minimum atomic E-state index is 0. The summed E-state index contributed by atoms with van der Waals surface area (Å²) in [5, 5.41) is 23.7. The number of rotatable bonds is 2. The van der Waals surface area contributed by atoms with Gasteiger partial charge in [-0.3, -0.25) is 0 Å². The largest absolute Gasteiger partial charge is 0.507 e. The summed E-state index contributed by atoms with van der Waals surface area (Å²) in [4.78, 5) is 4.20. The minimum Gasteiger partial charge on any atom is -0.507 e. The third-order valence-corrected chi connectivity index (χ3v) is 3.96. The summed E-state index contributed by atoms with van der Waals surface area (Å²) in [5.41, 5.74) is 2.65. The molecule has 0 atom stereocenters. The van der Waals surface area contributed by atoms with Gasteiger partial charge in [0, 0.05) is 5.92 Å². The van der Waals surface area contributed by atoms with Gasteiger partial charge in [-0.15, -0.1) is 0 Å². The molecule has 2 aromatic heterocycles. The summed E-state index contributed by atoms with van der Waals surface area (Å²) in [6, 6.07) is 10.3. The molecule has 144 valence electrons. The van der Waals surface area contributed by atoms with Crippen LogP contribution in [0.2, 0.25) is 0 Å². The molecule has 0 aliphatic carbocycles. The lowest BCUT2D eigenvalue weighted by atomic mass is 10.1. The number of hydrogen-bond donors (Lipinski definition) is 2. The monoisotopic (exact) mass is 370 g/mol. The number of benzene rings is 2. The van der Waals surface area contributed by atoms with E-state index in [0.29, 0.717) is 22.6 Å². The van der Waals surface area contributed by atoms with Crippen molar-refractivity contribution in [1.82, 2.24) is 10.1 Å². The van der Waals surface area contributed by atoms with Crippen molar-refractivity contribution in [2.24, 2.45) is 0 Å². The fourth-order valence-corrected chi connectivity index (χ4v) is 2.59. The molecule has 2 heterocycles. The van der Waals surface area contributed by atoms with Gasteiger partial charge in [-0.2, -0.15) is 0 Å². The summed E-state index contributed by atoms with van der Waals surface area (Å²) >= 11 is 0. The predicted molar refractivity (Wildman–Crippen MR) is 106 cm³/mol. The number of oxazole rings is 1. The zero-order valence-electron chi connectivity index (χ0n) is 15.2. The van der Waals surface area contributed by atoms with Gasteiger partial charge >= 0.3 is 0 Å². The van der Waals surface area contributed by atoms with E-state index in [-0.39, 0.29) is 30.8 Å². The molecule has 0 amide bonds. The van der Waals surface area contributed by atoms with Crippen LogP contribution in [0.15, 0.2) is 45.3 Å². The number of phenols is 2. The molecule has 0 aliphatic rings. The van der Waals surface area contributed by atoms with Crippen molar-refractivity contribution in [1.29, 1.82) is 0 Å². The van der Waals surface area contributed by atoms with E-state index < -0.39 is 0 Å². The first-order chi connectivity index (χ1) is 12.4. The van der Waals surface area contributed by atoms with Crippen molar-refractivity contribution < 1.29 is 19.2 Å². The van der Waals surface area contributed by atoms with Gasteiger partial charge in [0.25, 0.3) is 0 Å². The van der Waals surface area contributed by atoms with Crippen LogP contribution in [-0.2, 0) is 0 Å². The van der Waals surface area contributed by atoms with Crippen molar-refractivity contribution in [2.75, 3.05) is 0 Å². The fraction of sp³-hybridized carbons (Fsp3) is 0.333. The van der Waals surface area contributed by atoms with Crippen LogP contribution in [0.1, 0.15) is 58.5 Å². The van der Waals surface area contributed by atoms with Crippen molar-refractivity contribution in [3.8, 4) is 11.5 Å². The van der Waals surface area contributed by atoms with Crippen LogP contribution < -0.4 is 0 Å². The molecule has 0 spiro atoms. The molecule has 6 heteroatoms. The highest BCUT2D eigenvalue weighted by molar-refractivity contribution is 5.86. The van der Waals surface area contributed by atoms with Crippen LogP contribution >= 0.6 is 0 Å². The Hall–Kier alpha value is -3.02. The Labute approximate surface area is 158 Å². The smallest absolute Gasteiger partial charge is 0.198 e. The Balaban J connectivity index is 0.000000187. The molecule has 0 saturated heterocycles. The standard InChI is InChI=1S/2C10H11NO2.CH4/c1-6(2)10-11-9-7(12)4-3-5-8(9)13-10;1-6(2)10-9-7(12)4-3-5-8(9)13-11-10;/h2*3-6,12H,1-2H3;1H4. The highest BCUT2D eigenvalue weighted by Gasteiger charge is 2.14. The topological polar surface area (TPSA) is 92.5 Å². The van der Waals surface area contributed by atoms with E-state index in [1.807, 2.05) is 27.7 Å². The molecule has 0 radical (unpaired) electrons. The van der Waals surface area contributed by atoms with Crippen LogP contribution in [-0.4, -0.2) is 20.4 Å². The third kappa shape index (κ3) is 4.05. The average molecular weight is 370 g/mol. The fourth-order valence-electron chi connectivity index (χ4n) is 2.59. The second-order valence-corrected chi connectivity index (χ2v) is 6.70. The van der Waals surface area contributed by atoms with E-state index in [2.05, 4.69) is 10.1 Å². The Morgan fingerprint density at radius 3 is 2.07 bits per heavy atom. The quantitative estimate of drug-likeness (QED) is 0.453. The normalized spacial score (nSPS) is 10.9. The van der Waals surface area contributed by atoms with E-state index in [1.54, 1.807) is 36.4 Å². The Kier molecular flexibility index (Phi) is 6.10. The lowest BCUT2D eigenvalue weighted by Gasteiger charge is -1.99. The average Bonchev–Trinajstić information content (AvgIpc) is 3.21. The van der Waals surface area contributed by atoms with Gasteiger partial charge in [0.05, 0.1) is 11.1 Å².